The standard InChI is InChI=1S/C17H20O3/c1-19-15-12-17(18,14-8-5-11-20-16(14)15)10-9-13-6-3-2-4-7-13/h2-4,6-7,9-10,14,18H,5,8,11-12H2,1H3/b10-9+/t14-,17-/m1/s1. The number of rotatable bonds is 3. The van der Waals surface area contributed by atoms with Crippen LogP contribution >= 0.6 is 0 Å². The van der Waals surface area contributed by atoms with Gasteiger partial charge in [0.2, 0.25) is 0 Å². The number of fused-ring (bicyclic) bond motifs is 1. The summed E-state index contributed by atoms with van der Waals surface area (Å²) in [6.45, 7) is 0.719. The topological polar surface area (TPSA) is 38.7 Å². The molecule has 0 unspecified atom stereocenters. The van der Waals surface area contributed by atoms with E-state index in [4.69, 9.17) is 9.47 Å². The second-order valence-electron chi connectivity index (χ2n) is 5.45. The van der Waals surface area contributed by atoms with Gasteiger partial charge in [-0.25, -0.2) is 0 Å². The third-order valence-electron chi connectivity index (χ3n) is 4.14. The number of hydrogen-bond acceptors (Lipinski definition) is 3. The fraction of sp³-hybridized carbons (Fsp3) is 0.412. The Labute approximate surface area is 119 Å². The monoisotopic (exact) mass is 272 g/mol. The van der Waals surface area contributed by atoms with Crippen LogP contribution in [0.4, 0.5) is 0 Å². The molecule has 2 atom stereocenters. The molecule has 1 aliphatic carbocycles. The van der Waals surface area contributed by atoms with E-state index in [9.17, 15) is 5.11 Å². The van der Waals surface area contributed by atoms with E-state index in [1.807, 2.05) is 42.5 Å². The number of ether oxygens (including phenoxy) is 2. The second kappa shape index (κ2) is 5.33. The van der Waals surface area contributed by atoms with Crippen molar-refractivity contribution >= 4 is 6.08 Å². The van der Waals surface area contributed by atoms with Gasteiger partial charge in [0.15, 0.2) is 0 Å². The van der Waals surface area contributed by atoms with Crippen molar-refractivity contribution in [2.24, 2.45) is 5.92 Å². The van der Waals surface area contributed by atoms with Gasteiger partial charge < -0.3 is 14.6 Å². The third-order valence-corrected chi connectivity index (χ3v) is 4.14. The highest BCUT2D eigenvalue weighted by Gasteiger charge is 2.47. The molecule has 3 heteroatoms. The molecule has 0 saturated carbocycles. The van der Waals surface area contributed by atoms with E-state index in [1.54, 1.807) is 7.11 Å². The predicted octanol–water partition coefficient (Wildman–Crippen LogP) is 3.12. The second-order valence-corrected chi connectivity index (χ2v) is 5.45. The van der Waals surface area contributed by atoms with Crippen LogP contribution in [-0.4, -0.2) is 24.4 Å². The first-order chi connectivity index (χ1) is 9.73. The van der Waals surface area contributed by atoms with Crippen LogP contribution in [0.5, 0.6) is 0 Å². The average Bonchev–Trinajstić information content (AvgIpc) is 2.80. The lowest BCUT2D eigenvalue weighted by atomic mass is 9.84. The summed E-state index contributed by atoms with van der Waals surface area (Å²) in [6.07, 6.45) is 6.29. The lowest BCUT2D eigenvalue weighted by Gasteiger charge is -2.31. The van der Waals surface area contributed by atoms with Crippen molar-refractivity contribution in [2.45, 2.75) is 24.9 Å². The molecule has 3 nitrogen and oxygen atoms in total. The van der Waals surface area contributed by atoms with E-state index < -0.39 is 5.60 Å². The molecule has 0 radical (unpaired) electrons. The summed E-state index contributed by atoms with van der Waals surface area (Å²) in [4.78, 5) is 0. The van der Waals surface area contributed by atoms with Gasteiger partial charge in [-0.15, -0.1) is 0 Å². The van der Waals surface area contributed by atoms with Gasteiger partial charge in [-0.05, 0) is 18.4 Å². The molecule has 20 heavy (non-hydrogen) atoms. The van der Waals surface area contributed by atoms with Crippen LogP contribution in [0.1, 0.15) is 24.8 Å². The van der Waals surface area contributed by atoms with Gasteiger partial charge in [-0.2, -0.15) is 0 Å². The Bertz CT molecular complexity index is 532. The molecule has 1 heterocycles. The zero-order valence-corrected chi connectivity index (χ0v) is 11.7. The molecular formula is C17H20O3. The van der Waals surface area contributed by atoms with Gasteiger partial charge in [0.25, 0.3) is 0 Å². The minimum atomic E-state index is -0.892. The number of hydrogen-bond donors (Lipinski definition) is 1. The number of aliphatic hydroxyl groups is 1. The summed E-state index contributed by atoms with van der Waals surface area (Å²) in [7, 11) is 1.64. The molecule has 1 aliphatic heterocycles. The lowest BCUT2D eigenvalue weighted by molar-refractivity contribution is 0.00949. The van der Waals surface area contributed by atoms with Crippen LogP contribution < -0.4 is 0 Å². The smallest absolute Gasteiger partial charge is 0.140 e. The number of benzene rings is 1. The van der Waals surface area contributed by atoms with Gasteiger partial charge in [0, 0.05) is 6.42 Å². The minimum Gasteiger partial charge on any atom is -0.497 e. The van der Waals surface area contributed by atoms with E-state index in [0.717, 1.165) is 36.5 Å². The molecule has 0 bridgehead atoms. The summed E-state index contributed by atoms with van der Waals surface area (Å²) in [5.41, 5.74) is 0.196. The van der Waals surface area contributed by atoms with Gasteiger partial charge in [0.05, 0.1) is 19.6 Å². The van der Waals surface area contributed by atoms with E-state index in [0.29, 0.717) is 6.42 Å². The Hall–Kier alpha value is -1.74. The summed E-state index contributed by atoms with van der Waals surface area (Å²) in [5.74, 6) is 1.65. The van der Waals surface area contributed by atoms with Crippen molar-refractivity contribution < 1.29 is 14.6 Å². The Kier molecular flexibility index (Phi) is 3.53. The summed E-state index contributed by atoms with van der Waals surface area (Å²) in [5, 5.41) is 11.0. The van der Waals surface area contributed by atoms with Gasteiger partial charge in [-0.3, -0.25) is 0 Å². The molecule has 1 aromatic rings. The zero-order chi connectivity index (χ0) is 14.0. The molecule has 3 rings (SSSR count). The molecule has 1 N–H and O–H groups in total. The fourth-order valence-electron chi connectivity index (χ4n) is 3.07. The van der Waals surface area contributed by atoms with Crippen molar-refractivity contribution in [3.8, 4) is 0 Å². The highest BCUT2D eigenvalue weighted by Crippen LogP contribution is 2.46. The average molecular weight is 272 g/mol. The Morgan fingerprint density at radius 1 is 1.35 bits per heavy atom. The van der Waals surface area contributed by atoms with E-state index in [2.05, 4.69) is 0 Å². The van der Waals surface area contributed by atoms with Crippen LogP contribution in [0.25, 0.3) is 6.08 Å². The van der Waals surface area contributed by atoms with Gasteiger partial charge in [0.1, 0.15) is 17.1 Å². The van der Waals surface area contributed by atoms with Crippen molar-refractivity contribution in [1.29, 1.82) is 0 Å². The predicted molar refractivity (Wildman–Crippen MR) is 77.8 cm³/mol. The van der Waals surface area contributed by atoms with E-state index in [1.165, 1.54) is 0 Å². The van der Waals surface area contributed by atoms with E-state index in [-0.39, 0.29) is 5.92 Å². The van der Waals surface area contributed by atoms with Gasteiger partial charge in [-0.1, -0.05) is 42.5 Å². The molecule has 1 fully saturated rings. The first-order valence-electron chi connectivity index (χ1n) is 7.09. The molecule has 106 valence electrons. The zero-order valence-electron chi connectivity index (χ0n) is 11.7. The van der Waals surface area contributed by atoms with Crippen molar-refractivity contribution in [3.05, 3.63) is 53.5 Å². The number of methoxy groups -OCH3 is 1. The molecule has 1 aromatic carbocycles. The van der Waals surface area contributed by atoms with E-state index >= 15 is 0 Å². The largest absolute Gasteiger partial charge is 0.497 e. The van der Waals surface area contributed by atoms with Crippen LogP contribution in [0.15, 0.2) is 47.9 Å². The quantitative estimate of drug-likeness (QED) is 0.918. The highest BCUT2D eigenvalue weighted by molar-refractivity contribution is 5.51. The Balaban J connectivity index is 1.84. The maximum absolute atomic E-state index is 11.0. The van der Waals surface area contributed by atoms with Crippen molar-refractivity contribution in [1.82, 2.24) is 0 Å². The lowest BCUT2D eigenvalue weighted by Crippen LogP contribution is -2.35. The first-order valence-corrected chi connectivity index (χ1v) is 7.09. The Morgan fingerprint density at radius 3 is 2.90 bits per heavy atom. The molecule has 1 saturated heterocycles. The molecular weight excluding hydrogens is 252 g/mol. The molecule has 0 spiro atoms. The third kappa shape index (κ3) is 2.34. The van der Waals surface area contributed by atoms with Crippen molar-refractivity contribution in [2.75, 3.05) is 13.7 Å². The summed E-state index contributed by atoms with van der Waals surface area (Å²) < 4.78 is 11.1. The van der Waals surface area contributed by atoms with Crippen LogP contribution in [0, 0.1) is 5.92 Å². The minimum absolute atomic E-state index is 0.0196. The summed E-state index contributed by atoms with van der Waals surface area (Å²) >= 11 is 0. The van der Waals surface area contributed by atoms with Gasteiger partial charge >= 0.3 is 0 Å². The van der Waals surface area contributed by atoms with Crippen LogP contribution in [0.3, 0.4) is 0 Å². The highest BCUT2D eigenvalue weighted by atomic mass is 16.5. The van der Waals surface area contributed by atoms with Crippen molar-refractivity contribution in [3.63, 3.8) is 0 Å². The Morgan fingerprint density at radius 2 is 2.15 bits per heavy atom. The fourth-order valence-corrected chi connectivity index (χ4v) is 3.07. The normalized spacial score (nSPS) is 29.4. The maximum atomic E-state index is 11.0. The molecule has 0 amide bonds. The van der Waals surface area contributed by atoms with Crippen LogP contribution in [-0.2, 0) is 9.47 Å². The molecule has 2 aliphatic rings. The summed E-state index contributed by atoms with van der Waals surface area (Å²) in [6, 6.07) is 10.0. The maximum Gasteiger partial charge on any atom is 0.140 e. The van der Waals surface area contributed by atoms with Crippen LogP contribution in [0.2, 0.25) is 0 Å². The SMILES string of the molecule is COC1=C2OCCC[C@H]2[C@@](O)(/C=C/c2ccccc2)C1. The first kappa shape index (κ1) is 13.3. The molecule has 0 aromatic heterocycles.